The SMILES string of the molecule is Cc1[nH]c2ccc(C(=O)NC[C@H](c3ccco3)N(C)C)cc2c1C. The van der Waals surface area contributed by atoms with Gasteiger partial charge in [-0.05, 0) is 63.8 Å². The smallest absolute Gasteiger partial charge is 0.251 e. The van der Waals surface area contributed by atoms with Gasteiger partial charge in [-0.25, -0.2) is 0 Å². The predicted octanol–water partition coefficient (Wildman–Crippen LogP) is 3.41. The molecule has 3 rings (SSSR count). The van der Waals surface area contributed by atoms with Crippen molar-refractivity contribution in [2.24, 2.45) is 0 Å². The zero-order valence-electron chi connectivity index (χ0n) is 14.5. The molecule has 2 heterocycles. The molecule has 0 saturated heterocycles. The molecule has 1 aromatic carbocycles. The lowest BCUT2D eigenvalue weighted by Crippen LogP contribution is -2.34. The molecule has 0 saturated carbocycles. The fourth-order valence-electron chi connectivity index (χ4n) is 2.91. The van der Waals surface area contributed by atoms with Crippen LogP contribution in [0.4, 0.5) is 0 Å². The molecule has 24 heavy (non-hydrogen) atoms. The number of furan rings is 1. The molecule has 1 atom stereocenters. The largest absolute Gasteiger partial charge is 0.468 e. The Bertz CT molecular complexity index is 847. The molecule has 2 aromatic heterocycles. The molecule has 0 unspecified atom stereocenters. The normalized spacial score (nSPS) is 12.7. The van der Waals surface area contributed by atoms with Gasteiger partial charge in [0.2, 0.25) is 0 Å². The van der Waals surface area contributed by atoms with E-state index in [9.17, 15) is 4.79 Å². The monoisotopic (exact) mass is 325 g/mol. The summed E-state index contributed by atoms with van der Waals surface area (Å²) in [5.74, 6) is 0.765. The third-order valence-electron chi connectivity index (χ3n) is 4.52. The van der Waals surface area contributed by atoms with E-state index >= 15 is 0 Å². The highest BCUT2D eigenvalue weighted by atomic mass is 16.3. The number of aromatic nitrogens is 1. The van der Waals surface area contributed by atoms with E-state index in [1.165, 1.54) is 5.56 Å². The van der Waals surface area contributed by atoms with Gasteiger partial charge in [0, 0.05) is 28.7 Å². The van der Waals surface area contributed by atoms with Crippen LogP contribution in [0.5, 0.6) is 0 Å². The number of rotatable bonds is 5. The number of H-pyrrole nitrogens is 1. The van der Waals surface area contributed by atoms with Gasteiger partial charge < -0.3 is 14.7 Å². The van der Waals surface area contributed by atoms with Crippen molar-refractivity contribution >= 4 is 16.8 Å². The van der Waals surface area contributed by atoms with Crippen LogP contribution in [-0.4, -0.2) is 36.4 Å². The minimum Gasteiger partial charge on any atom is -0.468 e. The summed E-state index contributed by atoms with van der Waals surface area (Å²) >= 11 is 0. The Morgan fingerprint density at radius 3 is 2.75 bits per heavy atom. The highest BCUT2D eigenvalue weighted by Crippen LogP contribution is 2.23. The van der Waals surface area contributed by atoms with Gasteiger partial charge in [0.1, 0.15) is 5.76 Å². The molecule has 5 nitrogen and oxygen atoms in total. The number of nitrogens with one attached hydrogen (secondary N) is 2. The molecule has 0 bridgehead atoms. The zero-order valence-corrected chi connectivity index (χ0v) is 14.5. The molecule has 126 valence electrons. The van der Waals surface area contributed by atoms with Crippen molar-refractivity contribution in [1.82, 2.24) is 15.2 Å². The summed E-state index contributed by atoms with van der Waals surface area (Å²) in [4.78, 5) is 17.9. The fraction of sp³-hybridized carbons (Fsp3) is 0.316. The van der Waals surface area contributed by atoms with Crippen LogP contribution >= 0.6 is 0 Å². The molecule has 1 amide bonds. The molecule has 0 aliphatic rings. The van der Waals surface area contributed by atoms with Crippen molar-refractivity contribution < 1.29 is 9.21 Å². The van der Waals surface area contributed by atoms with Crippen molar-refractivity contribution in [3.05, 3.63) is 59.2 Å². The number of amides is 1. The minimum absolute atomic E-state index is 0.00363. The molecule has 3 aromatic rings. The van der Waals surface area contributed by atoms with E-state index in [4.69, 9.17) is 4.42 Å². The number of nitrogens with zero attached hydrogens (tertiary/aromatic N) is 1. The van der Waals surface area contributed by atoms with Crippen LogP contribution < -0.4 is 5.32 Å². The summed E-state index contributed by atoms with van der Waals surface area (Å²) in [5, 5.41) is 4.10. The number of hydrogen-bond donors (Lipinski definition) is 2. The van der Waals surface area contributed by atoms with E-state index in [1.54, 1.807) is 6.26 Å². The summed E-state index contributed by atoms with van der Waals surface area (Å²) in [6.07, 6.45) is 1.65. The molecule has 0 aliphatic heterocycles. The van der Waals surface area contributed by atoms with Gasteiger partial charge in [0.05, 0.1) is 12.3 Å². The summed E-state index contributed by atoms with van der Waals surface area (Å²) in [6.45, 7) is 4.59. The van der Waals surface area contributed by atoms with Crippen LogP contribution in [0.25, 0.3) is 10.9 Å². The van der Waals surface area contributed by atoms with Gasteiger partial charge in [0.15, 0.2) is 0 Å². The average Bonchev–Trinajstić information content (AvgIpc) is 3.16. The highest BCUT2D eigenvalue weighted by molar-refractivity contribution is 5.99. The number of likely N-dealkylation sites (N-methyl/N-ethyl adjacent to an activating group) is 1. The first kappa shape index (κ1) is 16.3. The Labute approximate surface area is 141 Å². The number of aromatic amines is 1. The molecular weight excluding hydrogens is 302 g/mol. The fourth-order valence-corrected chi connectivity index (χ4v) is 2.91. The summed E-state index contributed by atoms with van der Waals surface area (Å²) in [6, 6.07) is 9.54. The molecule has 0 radical (unpaired) electrons. The molecule has 2 N–H and O–H groups in total. The number of benzene rings is 1. The van der Waals surface area contributed by atoms with Crippen LogP contribution in [0, 0.1) is 13.8 Å². The lowest BCUT2D eigenvalue weighted by atomic mass is 10.1. The van der Waals surface area contributed by atoms with Gasteiger partial charge in [-0.3, -0.25) is 9.69 Å². The summed E-state index contributed by atoms with van der Waals surface area (Å²) in [7, 11) is 3.94. The number of hydrogen-bond acceptors (Lipinski definition) is 3. The van der Waals surface area contributed by atoms with E-state index in [0.29, 0.717) is 12.1 Å². The van der Waals surface area contributed by atoms with Crippen LogP contribution in [0.3, 0.4) is 0 Å². The van der Waals surface area contributed by atoms with E-state index < -0.39 is 0 Å². The highest BCUT2D eigenvalue weighted by Gasteiger charge is 2.18. The standard InChI is InChI=1S/C19H23N3O2/c1-12-13(2)21-16-8-7-14(10-15(12)16)19(23)20-11-17(22(3)4)18-6-5-9-24-18/h5-10,17,21H,11H2,1-4H3,(H,20,23)/t17-/m1/s1. The van der Waals surface area contributed by atoms with Crippen LogP contribution in [0.2, 0.25) is 0 Å². The van der Waals surface area contributed by atoms with Gasteiger partial charge >= 0.3 is 0 Å². The second-order valence-electron chi connectivity index (χ2n) is 6.34. The molecule has 0 aliphatic carbocycles. The molecule has 5 heteroatoms. The Hall–Kier alpha value is -2.53. The van der Waals surface area contributed by atoms with Crippen molar-refractivity contribution in [3.63, 3.8) is 0 Å². The second kappa shape index (κ2) is 6.53. The summed E-state index contributed by atoms with van der Waals surface area (Å²) < 4.78 is 5.47. The van der Waals surface area contributed by atoms with Crippen LogP contribution in [-0.2, 0) is 0 Å². The number of aryl methyl sites for hydroxylation is 2. The topological polar surface area (TPSA) is 61.3 Å². The maximum atomic E-state index is 12.5. The maximum Gasteiger partial charge on any atom is 0.251 e. The maximum absolute atomic E-state index is 12.5. The number of fused-ring (bicyclic) bond motifs is 1. The molecule has 0 spiro atoms. The Balaban J connectivity index is 1.76. The first-order valence-electron chi connectivity index (χ1n) is 8.04. The van der Waals surface area contributed by atoms with Gasteiger partial charge in [-0.1, -0.05) is 0 Å². The first-order valence-corrected chi connectivity index (χ1v) is 8.04. The minimum atomic E-state index is -0.0754. The van der Waals surface area contributed by atoms with E-state index in [1.807, 2.05) is 56.3 Å². The second-order valence-corrected chi connectivity index (χ2v) is 6.34. The lowest BCUT2D eigenvalue weighted by Gasteiger charge is -2.22. The first-order chi connectivity index (χ1) is 11.5. The Kier molecular flexibility index (Phi) is 4.44. The molecule has 0 fully saturated rings. The van der Waals surface area contributed by atoms with Gasteiger partial charge in [0.25, 0.3) is 5.91 Å². The quantitative estimate of drug-likeness (QED) is 0.756. The predicted molar refractivity (Wildman–Crippen MR) is 95.2 cm³/mol. The van der Waals surface area contributed by atoms with E-state index in [2.05, 4.69) is 17.2 Å². The third-order valence-corrected chi connectivity index (χ3v) is 4.52. The van der Waals surface area contributed by atoms with E-state index in [0.717, 1.165) is 22.4 Å². The van der Waals surface area contributed by atoms with E-state index in [-0.39, 0.29) is 11.9 Å². The Morgan fingerprint density at radius 1 is 1.29 bits per heavy atom. The lowest BCUT2D eigenvalue weighted by molar-refractivity contribution is 0.0939. The van der Waals surface area contributed by atoms with Gasteiger partial charge in [-0.15, -0.1) is 0 Å². The summed E-state index contributed by atoms with van der Waals surface area (Å²) in [5.41, 5.74) is 4.04. The van der Waals surface area contributed by atoms with Crippen molar-refractivity contribution in [2.45, 2.75) is 19.9 Å². The number of carbonyl (C=O) groups excluding carboxylic acids is 1. The Morgan fingerprint density at radius 2 is 2.08 bits per heavy atom. The van der Waals surface area contributed by atoms with Crippen molar-refractivity contribution in [1.29, 1.82) is 0 Å². The van der Waals surface area contributed by atoms with Crippen molar-refractivity contribution in [2.75, 3.05) is 20.6 Å². The van der Waals surface area contributed by atoms with Crippen molar-refractivity contribution in [3.8, 4) is 0 Å². The zero-order chi connectivity index (χ0) is 17.3. The average molecular weight is 325 g/mol. The van der Waals surface area contributed by atoms with Crippen LogP contribution in [0.1, 0.15) is 33.4 Å². The third kappa shape index (κ3) is 3.08. The van der Waals surface area contributed by atoms with Gasteiger partial charge in [-0.2, -0.15) is 0 Å². The molecular formula is C19H23N3O2. The van der Waals surface area contributed by atoms with Crippen LogP contribution in [0.15, 0.2) is 41.0 Å². The number of carbonyl (C=O) groups is 1.